The van der Waals surface area contributed by atoms with Gasteiger partial charge in [0.15, 0.2) is 11.6 Å². The molecule has 1 atom stereocenters. The Balaban J connectivity index is 2.15. The van der Waals surface area contributed by atoms with Gasteiger partial charge in [-0.1, -0.05) is 23.7 Å². The number of halogens is 1. The Morgan fingerprint density at radius 1 is 1.22 bits per heavy atom. The second-order valence-corrected chi connectivity index (χ2v) is 4.41. The van der Waals surface area contributed by atoms with Crippen LogP contribution in [-0.2, 0) is 0 Å². The van der Waals surface area contributed by atoms with Crippen LogP contribution in [0, 0.1) is 0 Å². The first-order valence-corrected chi connectivity index (χ1v) is 6.09. The van der Waals surface area contributed by atoms with Crippen LogP contribution in [-0.4, -0.2) is 12.1 Å². The summed E-state index contributed by atoms with van der Waals surface area (Å²) in [5.74, 6) is 1.47. The molecule has 0 spiro atoms. The normalized spacial score (nSPS) is 11.9. The maximum absolute atomic E-state index is 5.87. The molecule has 2 aromatic rings. The molecule has 0 fully saturated rings. The van der Waals surface area contributed by atoms with E-state index in [0.29, 0.717) is 0 Å². The highest BCUT2D eigenvalue weighted by Gasteiger charge is 2.09. The number of rotatable bonds is 4. The van der Waals surface area contributed by atoms with Gasteiger partial charge in [0.25, 0.3) is 0 Å². The number of hydrogen-bond donors (Lipinski definition) is 1. The lowest BCUT2D eigenvalue weighted by molar-refractivity contribution is 0.414. The Morgan fingerprint density at radius 2 is 1.94 bits per heavy atom. The molecular formula is C14H15ClN2O. The zero-order chi connectivity index (χ0) is 13.0. The Hall–Kier alpha value is -1.74. The monoisotopic (exact) mass is 262 g/mol. The molecule has 0 saturated carbocycles. The van der Waals surface area contributed by atoms with Crippen LogP contribution in [0.3, 0.4) is 0 Å². The van der Waals surface area contributed by atoms with Crippen LogP contribution in [0.2, 0.25) is 5.02 Å². The summed E-state index contributed by atoms with van der Waals surface area (Å²) in [4.78, 5) is 4.27. The number of aromatic nitrogens is 1. The summed E-state index contributed by atoms with van der Waals surface area (Å²) < 4.78 is 5.26. The minimum atomic E-state index is 0.131. The highest BCUT2D eigenvalue weighted by atomic mass is 35.5. The van der Waals surface area contributed by atoms with Crippen molar-refractivity contribution in [3.05, 3.63) is 53.2 Å². The maximum Gasteiger partial charge on any atom is 0.169 e. The molecule has 1 unspecified atom stereocenters. The molecule has 0 aliphatic heterocycles. The minimum Gasteiger partial charge on any atom is -0.493 e. The molecule has 1 heterocycles. The number of nitrogens with one attached hydrogen (secondary N) is 1. The van der Waals surface area contributed by atoms with Gasteiger partial charge in [-0.15, -0.1) is 0 Å². The van der Waals surface area contributed by atoms with Crippen molar-refractivity contribution in [2.75, 3.05) is 12.4 Å². The third-order valence-corrected chi connectivity index (χ3v) is 2.97. The number of hydrogen-bond acceptors (Lipinski definition) is 3. The molecule has 94 valence electrons. The number of methoxy groups -OCH3 is 1. The van der Waals surface area contributed by atoms with Crippen LogP contribution in [0.25, 0.3) is 0 Å². The van der Waals surface area contributed by atoms with Gasteiger partial charge >= 0.3 is 0 Å². The van der Waals surface area contributed by atoms with E-state index in [1.165, 1.54) is 0 Å². The molecule has 1 aromatic heterocycles. The van der Waals surface area contributed by atoms with Crippen LogP contribution in [0.5, 0.6) is 5.75 Å². The first-order chi connectivity index (χ1) is 8.70. The van der Waals surface area contributed by atoms with E-state index < -0.39 is 0 Å². The SMILES string of the molecule is COc1cccnc1NC(C)c1ccc(Cl)cc1. The van der Waals surface area contributed by atoms with Gasteiger partial charge < -0.3 is 10.1 Å². The van der Waals surface area contributed by atoms with E-state index in [-0.39, 0.29) is 6.04 Å². The fourth-order valence-electron chi connectivity index (χ4n) is 1.70. The number of pyridine rings is 1. The van der Waals surface area contributed by atoms with Gasteiger partial charge in [-0.3, -0.25) is 0 Å². The molecule has 4 heteroatoms. The van der Waals surface area contributed by atoms with Crippen LogP contribution in [0.1, 0.15) is 18.5 Å². The molecule has 0 radical (unpaired) electrons. The van der Waals surface area contributed by atoms with Crippen LogP contribution in [0.4, 0.5) is 5.82 Å². The number of nitrogens with zero attached hydrogens (tertiary/aromatic N) is 1. The van der Waals surface area contributed by atoms with Gasteiger partial charge in [0, 0.05) is 11.2 Å². The Morgan fingerprint density at radius 3 is 2.61 bits per heavy atom. The van der Waals surface area contributed by atoms with Crippen LogP contribution >= 0.6 is 11.6 Å². The molecule has 0 aliphatic rings. The number of benzene rings is 1. The Bertz CT molecular complexity index is 513. The number of ether oxygens (including phenoxy) is 1. The molecule has 1 N–H and O–H groups in total. The van der Waals surface area contributed by atoms with Crippen molar-refractivity contribution >= 4 is 17.4 Å². The second kappa shape index (κ2) is 5.74. The van der Waals surface area contributed by atoms with E-state index in [1.807, 2.05) is 36.4 Å². The molecule has 0 amide bonds. The van der Waals surface area contributed by atoms with E-state index in [2.05, 4.69) is 17.2 Å². The molecule has 0 aliphatic carbocycles. The van der Waals surface area contributed by atoms with Gasteiger partial charge in [-0.25, -0.2) is 4.98 Å². The Kier molecular flexibility index (Phi) is 4.05. The fraction of sp³-hybridized carbons (Fsp3) is 0.214. The van der Waals surface area contributed by atoms with E-state index >= 15 is 0 Å². The standard InChI is InChI=1S/C14H15ClN2O/c1-10(11-5-7-12(15)8-6-11)17-14-13(18-2)4-3-9-16-14/h3-10H,1-2H3,(H,16,17). The highest BCUT2D eigenvalue weighted by Crippen LogP contribution is 2.25. The lowest BCUT2D eigenvalue weighted by atomic mass is 10.1. The third kappa shape index (κ3) is 2.93. The summed E-state index contributed by atoms with van der Waals surface area (Å²) in [6, 6.07) is 11.6. The van der Waals surface area contributed by atoms with Crippen molar-refractivity contribution in [2.24, 2.45) is 0 Å². The summed E-state index contributed by atoms with van der Waals surface area (Å²) >= 11 is 5.87. The lowest BCUT2D eigenvalue weighted by Crippen LogP contribution is -2.08. The van der Waals surface area contributed by atoms with Gasteiger partial charge in [0.2, 0.25) is 0 Å². The van der Waals surface area contributed by atoms with Crippen molar-refractivity contribution in [1.29, 1.82) is 0 Å². The molecule has 0 bridgehead atoms. The molecule has 0 saturated heterocycles. The largest absolute Gasteiger partial charge is 0.493 e. The molecular weight excluding hydrogens is 248 g/mol. The molecule has 1 aromatic carbocycles. The Labute approximate surface area is 112 Å². The average Bonchev–Trinajstić information content (AvgIpc) is 2.40. The number of anilines is 1. The van der Waals surface area contributed by atoms with E-state index in [9.17, 15) is 0 Å². The van der Waals surface area contributed by atoms with Crippen molar-refractivity contribution in [1.82, 2.24) is 4.98 Å². The fourth-order valence-corrected chi connectivity index (χ4v) is 1.83. The highest BCUT2D eigenvalue weighted by molar-refractivity contribution is 6.30. The van der Waals surface area contributed by atoms with E-state index in [0.717, 1.165) is 22.2 Å². The predicted molar refractivity (Wildman–Crippen MR) is 74.3 cm³/mol. The first kappa shape index (κ1) is 12.7. The van der Waals surface area contributed by atoms with Gasteiger partial charge in [-0.2, -0.15) is 0 Å². The maximum atomic E-state index is 5.87. The molecule has 2 rings (SSSR count). The van der Waals surface area contributed by atoms with Crippen LogP contribution in [0.15, 0.2) is 42.6 Å². The first-order valence-electron chi connectivity index (χ1n) is 5.71. The summed E-state index contributed by atoms with van der Waals surface area (Å²) in [5, 5.41) is 4.06. The van der Waals surface area contributed by atoms with Crippen molar-refractivity contribution < 1.29 is 4.74 Å². The van der Waals surface area contributed by atoms with Gasteiger partial charge in [0.1, 0.15) is 0 Å². The van der Waals surface area contributed by atoms with Crippen LogP contribution < -0.4 is 10.1 Å². The predicted octanol–water partition coefficient (Wildman–Crippen LogP) is 3.92. The van der Waals surface area contributed by atoms with Gasteiger partial charge in [-0.05, 0) is 36.8 Å². The quantitative estimate of drug-likeness (QED) is 0.907. The van der Waals surface area contributed by atoms with Crippen molar-refractivity contribution in [3.63, 3.8) is 0 Å². The van der Waals surface area contributed by atoms with Gasteiger partial charge in [0.05, 0.1) is 13.2 Å². The topological polar surface area (TPSA) is 34.1 Å². The third-order valence-electron chi connectivity index (χ3n) is 2.71. The van der Waals surface area contributed by atoms with Crippen molar-refractivity contribution in [2.45, 2.75) is 13.0 Å². The van der Waals surface area contributed by atoms with Crippen molar-refractivity contribution in [3.8, 4) is 5.75 Å². The van der Waals surface area contributed by atoms with E-state index in [4.69, 9.17) is 16.3 Å². The summed E-state index contributed by atoms with van der Waals surface area (Å²) in [6.45, 7) is 2.07. The van der Waals surface area contributed by atoms with E-state index in [1.54, 1.807) is 13.3 Å². The summed E-state index contributed by atoms with van der Waals surface area (Å²) in [5.41, 5.74) is 1.15. The summed E-state index contributed by atoms with van der Waals surface area (Å²) in [6.07, 6.45) is 1.74. The zero-order valence-electron chi connectivity index (χ0n) is 10.4. The molecule has 3 nitrogen and oxygen atoms in total. The zero-order valence-corrected chi connectivity index (χ0v) is 11.1. The second-order valence-electron chi connectivity index (χ2n) is 3.97. The molecule has 18 heavy (non-hydrogen) atoms. The summed E-state index contributed by atoms with van der Waals surface area (Å²) in [7, 11) is 1.63. The average molecular weight is 263 g/mol. The lowest BCUT2D eigenvalue weighted by Gasteiger charge is -2.16. The smallest absolute Gasteiger partial charge is 0.169 e. The minimum absolute atomic E-state index is 0.131.